The SMILES string of the molecule is [O]S(=O)(=O)c1ccc(Br)cc1Cl. The van der Waals surface area contributed by atoms with Crippen molar-refractivity contribution in [2.24, 2.45) is 0 Å². The molecule has 0 saturated heterocycles. The molecule has 0 spiro atoms. The van der Waals surface area contributed by atoms with Crippen molar-refractivity contribution in [1.82, 2.24) is 0 Å². The molecule has 1 rings (SSSR count). The van der Waals surface area contributed by atoms with Crippen molar-refractivity contribution in [3.05, 3.63) is 27.7 Å². The first-order chi connectivity index (χ1) is 5.41. The Balaban J connectivity index is 3.39. The van der Waals surface area contributed by atoms with Crippen LogP contribution in [0.2, 0.25) is 5.02 Å². The number of hydrogen-bond acceptors (Lipinski definition) is 2. The molecule has 0 aliphatic rings. The van der Waals surface area contributed by atoms with Gasteiger partial charge in [-0.15, -0.1) is 0 Å². The Morgan fingerprint density at radius 2 is 1.92 bits per heavy atom. The second-order valence-corrected chi connectivity index (χ2v) is 4.70. The molecule has 0 atom stereocenters. The minimum Gasteiger partial charge on any atom is -0.191 e. The molecule has 0 aliphatic heterocycles. The molecule has 0 heterocycles. The van der Waals surface area contributed by atoms with Gasteiger partial charge in [-0.05, 0) is 18.2 Å². The lowest BCUT2D eigenvalue weighted by molar-refractivity contribution is 0.414. The fourth-order valence-corrected chi connectivity index (χ4v) is 2.17. The van der Waals surface area contributed by atoms with Gasteiger partial charge in [0.25, 0.3) is 0 Å². The van der Waals surface area contributed by atoms with Crippen LogP contribution >= 0.6 is 27.5 Å². The lowest BCUT2D eigenvalue weighted by Crippen LogP contribution is -1.96. The molecule has 0 fully saturated rings. The summed E-state index contributed by atoms with van der Waals surface area (Å²) in [6.07, 6.45) is 0. The first-order valence-corrected chi connectivity index (χ1v) is 5.40. The normalized spacial score (nSPS) is 11.6. The summed E-state index contributed by atoms with van der Waals surface area (Å²) in [5, 5.41) is -0.0700. The van der Waals surface area contributed by atoms with Crippen LogP contribution in [0.25, 0.3) is 0 Å². The highest BCUT2D eigenvalue weighted by Gasteiger charge is 2.15. The van der Waals surface area contributed by atoms with Crippen LogP contribution in [-0.2, 0) is 14.7 Å². The summed E-state index contributed by atoms with van der Waals surface area (Å²) in [6.45, 7) is 0. The van der Waals surface area contributed by atoms with Gasteiger partial charge in [-0.2, -0.15) is 8.42 Å². The lowest BCUT2D eigenvalue weighted by Gasteiger charge is -1.98. The maximum atomic E-state index is 10.5. The van der Waals surface area contributed by atoms with Crippen LogP contribution < -0.4 is 0 Å². The second kappa shape index (κ2) is 3.33. The zero-order chi connectivity index (χ0) is 9.35. The van der Waals surface area contributed by atoms with E-state index in [0.717, 1.165) is 6.07 Å². The summed E-state index contributed by atoms with van der Waals surface area (Å²) in [7, 11) is -4.45. The lowest BCUT2D eigenvalue weighted by atomic mass is 10.4. The van der Waals surface area contributed by atoms with Crippen LogP contribution in [0, 0.1) is 0 Å². The Labute approximate surface area is 83.2 Å². The van der Waals surface area contributed by atoms with E-state index in [4.69, 9.17) is 11.6 Å². The molecule has 3 nitrogen and oxygen atoms in total. The summed E-state index contributed by atoms with van der Waals surface area (Å²) in [6, 6.07) is 3.96. The van der Waals surface area contributed by atoms with Gasteiger partial charge in [0.1, 0.15) is 4.90 Å². The van der Waals surface area contributed by atoms with E-state index in [9.17, 15) is 13.0 Å². The third kappa shape index (κ3) is 2.20. The summed E-state index contributed by atoms with van der Waals surface area (Å²) in [5.74, 6) is 0. The first kappa shape index (κ1) is 9.98. The molecule has 1 radical (unpaired) electrons. The topological polar surface area (TPSA) is 54.0 Å². The standard InChI is InChI=1S/C6H3BrClO3S/c7-4-1-2-6(5(8)3-4)12(9,10)11/h1-3H. The molecular weight excluding hydrogens is 267 g/mol. The van der Waals surface area contributed by atoms with Crippen molar-refractivity contribution in [1.29, 1.82) is 0 Å². The fourth-order valence-electron chi connectivity index (χ4n) is 0.678. The second-order valence-electron chi connectivity index (χ2n) is 2.03. The van der Waals surface area contributed by atoms with Gasteiger partial charge < -0.3 is 0 Å². The Morgan fingerprint density at radius 3 is 2.33 bits per heavy atom. The highest BCUT2D eigenvalue weighted by atomic mass is 79.9. The van der Waals surface area contributed by atoms with Crippen LogP contribution in [0.1, 0.15) is 0 Å². The largest absolute Gasteiger partial charge is 0.325 e. The van der Waals surface area contributed by atoms with Crippen LogP contribution in [0.3, 0.4) is 0 Å². The molecule has 0 aromatic heterocycles. The number of benzene rings is 1. The summed E-state index contributed by atoms with van der Waals surface area (Å²) in [4.78, 5) is -0.396. The number of hydrogen-bond donors (Lipinski definition) is 0. The van der Waals surface area contributed by atoms with Crippen molar-refractivity contribution in [3.63, 3.8) is 0 Å². The van der Waals surface area contributed by atoms with Gasteiger partial charge in [-0.1, -0.05) is 32.1 Å². The molecule has 0 saturated carbocycles. The minimum absolute atomic E-state index is 0.0700. The van der Waals surface area contributed by atoms with Crippen molar-refractivity contribution >= 4 is 37.6 Å². The zero-order valence-electron chi connectivity index (χ0n) is 5.62. The predicted octanol–water partition coefficient (Wildman–Crippen LogP) is 2.22. The fraction of sp³-hybridized carbons (Fsp3) is 0. The molecule has 0 N–H and O–H groups in total. The molecule has 65 valence electrons. The van der Waals surface area contributed by atoms with Gasteiger partial charge in [0.2, 0.25) is 0 Å². The monoisotopic (exact) mass is 269 g/mol. The quantitative estimate of drug-likeness (QED) is 0.786. The van der Waals surface area contributed by atoms with Gasteiger partial charge in [0, 0.05) is 4.47 Å². The van der Waals surface area contributed by atoms with Gasteiger partial charge in [0.15, 0.2) is 0 Å². The number of halogens is 2. The summed E-state index contributed by atoms with van der Waals surface area (Å²) < 4.78 is 32.2. The van der Waals surface area contributed by atoms with Gasteiger partial charge >= 0.3 is 10.1 Å². The van der Waals surface area contributed by atoms with E-state index in [1.54, 1.807) is 0 Å². The van der Waals surface area contributed by atoms with Crippen molar-refractivity contribution in [2.75, 3.05) is 0 Å². The Morgan fingerprint density at radius 1 is 1.33 bits per heavy atom. The Hall–Kier alpha value is -0.100. The van der Waals surface area contributed by atoms with Crippen molar-refractivity contribution in [2.45, 2.75) is 4.90 Å². The van der Waals surface area contributed by atoms with E-state index in [2.05, 4.69) is 15.9 Å². The first-order valence-electron chi connectivity index (χ1n) is 2.82. The third-order valence-electron chi connectivity index (χ3n) is 1.16. The van der Waals surface area contributed by atoms with E-state index in [-0.39, 0.29) is 5.02 Å². The van der Waals surface area contributed by atoms with Crippen molar-refractivity contribution in [3.8, 4) is 0 Å². The van der Waals surface area contributed by atoms with E-state index >= 15 is 0 Å². The van der Waals surface area contributed by atoms with Crippen LogP contribution in [-0.4, -0.2) is 8.42 Å². The van der Waals surface area contributed by atoms with Crippen LogP contribution in [0.4, 0.5) is 0 Å². The highest BCUT2D eigenvalue weighted by molar-refractivity contribution is 9.10. The molecule has 1 aromatic carbocycles. The van der Waals surface area contributed by atoms with Crippen molar-refractivity contribution < 1.29 is 13.0 Å². The molecular formula is C6H3BrClO3S. The molecule has 6 heteroatoms. The van der Waals surface area contributed by atoms with Gasteiger partial charge in [-0.3, -0.25) is 0 Å². The predicted molar refractivity (Wildman–Crippen MR) is 47.0 cm³/mol. The molecule has 0 bridgehead atoms. The van der Waals surface area contributed by atoms with E-state index in [1.807, 2.05) is 0 Å². The zero-order valence-corrected chi connectivity index (χ0v) is 8.78. The van der Waals surface area contributed by atoms with E-state index in [1.165, 1.54) is 12.1 Å². The van der Waals surface area contributed by atoms with Gasteiger partial charge in [0.05, 0.1) is 5.02 Å². The van der Waals surface area contributed by atoms with E-state index < -0.39 is 15.0 Å². The van der Waals surface area contributed by atoms with Gasteiger partial charge in [-0.25, -0.2) is 0 Å². The van der Waals surface area contributed by atoms with E-state index in [0.29, 0.717) is 4.47 Å². The summed E-state index contributed by atoms with van der Waals surface area (Å²) in [5.41, 5.74) is 0. The van der Waals surface area contributed by atoms with Crippen LogP contribution in [0.15, 0.2) is 27.6 Å². The molecule has 0 aliphatic carbocycles. The highest BCUT2D eigenvalue weighted by Crippen LogP contribution is 2.24. The Kier molecular flexibility index (Phi) is 2.77. The molecule has 0 unspecified atom stereocenters. The Bertz CT molecular complexity index is 401. The van der Waals surface area contributed by atoms with Crippen LogP contribution in [0.5, 0.6) is 0 Å². The average Bonchev–Trinajstić information content (AvgIpc) is 1.83. The minimum atomic E-state index is -4.45. The maximum absolute atomic E-state index is 10.5. The maximum Gasteiger partial charge on any atom is 0.325 e. The molecule has 1 aromatic rings. The number of rotatable bonds is 1. The smallest absolute Gasteiger partial charge is 0.191 e. The third-order valence-corrected chi connectivity index (χ3v) is 2.98. The summed E-state index contributed by atoms with van der Waals surface area (Å²) >= 11 is 8.59. The molecule has 12 heavy (non-hydrogen) atoms. The average molecular weight is 271 g/mol. The molecule has 0 amide bonds.